The van der Waals surface area contributed by atoms with Crippen LogP contribution in [0.1, 0.15) is 34.1 Å². The molecule has 93 valence electrons. The van der Waals surface area contributed by atoms with Crippen molar-refractivity contribution in [2.75, 3.05) is 6.61 Å². The molecule has 16 heavy (non-hydrogen) atoms. The summed E-state index contributed by atoms with van der Waals surface area (Å²) in [6.45, 7) is 10.8. The van der Waals surface area contributed by atoms with E-state index in [9.17, 15) is 0 Å². The molecular formula is C12H24BO3. The average molecular weight is 227 g/mol. The molecule has 1 aliphatic heterocycles. The van der Waals surface area contributed by atoms with Gasteiger partial charge in [0.2, 0.25) is 0 Å². The molecule has 0 aromatic rings. The Bertz CT molecular complexity index is 197. The molecule has 1 saturated heterocycles. The fraction of sp³-hybridized carbons (Fsp3) is 1.00. The Morgan fingerprint density at radius 1 is 1.25 bits per heavy atom. The van der Waals surface area contributed by atoms with E-state index in [0.717, 1.165) is 6.42 Å². The van der Waals surface area contributed by atoms with Crippen molar-refractivity contribution >= 4 is 7.28 Å². The van der Waals surface area contributed by atoms with Crippen molar-refractivity contribution in [2.45, 2.75) is 71.4 Å². The molecule has 0 N–H and O–H groups in total. The van der Waals surface area contributed by atoms with E-state index in [0.29, 0.717) is 6.61 Å². The second-order valence-corrected chi connectivity index (χ2v) is 4.89. The minimum absolute atomic E-state index is 0.0750. The highest BCUT2D eigenvalue weighted by atomic mass is 16.6. The summed E-state index contributed by atoms with van der Waals surface area (Å²) in [6, 6.07) is 0.213. The van der Waals surface area contributed by atoms with Crippen LogP contribution >= 0.6 is 0 Å². The molecule has 0 bridgehead atoms. The molecule has 1 rings (SSSR count). The van der Waals surface area contributed by atoms with Gasteiger partial charge in [-0.15, -0.1) is 0 Å². The SMILES string of the molecule is C[B][C@H]1CC(OC(C)C)[C@@H](COC(C)C)O1. The minimum Gasteiger partial charge on any atom is -0.379 e. The molecule has 0 saturated carbocycles. The topological polar surface area (TPSA) is 27.7 Å². The molecule has 0 aliphatic carbocycles. The average Bonchev–Trinajstić information content (AvgIpc) is 2.56. The second-order valence-electron chi connectivity index (χ2n) is 4.89. The first kappa shape index (κ1) is 14.0. The maximum atomic E-state index is 5.87. The first-order chi connectivity index (χ1) is 7.52. The molecule has 3 atom stereocenters. The van der Waals surface area contributed by atoms with E-state index in [-0.39, 0.29) is 30.4 Å². The Hall–Kier alpha value is -0.0551. The summed E-state index contributed by atoms with van der Waals surface area (Å²) in [7, 11) is 2.09. The first-order valence-corrected chi connectivity index (χ1v) is 6.25. The summed E-state index contributed by atoms with van der Waals surface area (Å²) in [5, 5.41) is 0. The van der Waals surface area contributed by atoms with E-state index in [1.165, 1.54) is 0 Å². The number of ether oxygens (including phenoxy) is 3. The van der Waals surface area contributed by atoms with Crippen LogP contribution < -0.4 is 0 Å². The van der Waals surface area contributed by atoms with E-state index >= 15 is 0 Å². The lowest BCUT2D eigenvalue weighted by atomic mass is 9.73. The van der Waals surface area contributed by atoms with Crippen molar-refractivity contribution in [2.24, 2.45) is 0 Å². The van der Waals surface area contributed by atoms with Crippen molar-refractivity contribution in [3.63, 3.8) is 0 Å². The van der Waals surface area contributed by atoms with Crippen LogP contribution in [0.4, 0.5) is 0 Å². The second kappa shape index (κ2) is 6.62. The number of hydrogen-bond acceptors (Lipinski definition) is 3. The molecule has 0 aromatic heterocycles. The van der Waals surface area contributed by atoms with Gasteiger partial charge < -0.3 is 14.2 Å². The Labute approximate surface area is 100 Å². The van der Waals surface area contributed by atoms with Gasteiger partial charge in [0.25, 0.3) is 0 Å². The van der Waals surface area contributed by atoms with Crippen LogP contribution in [-0.2, 0) is 14.2 Å². The molecule has 1 unspecified atom stereocenters. The van der Waals surface area contributed by atoms with Gasteiger partial charge in [0, 0.05) is 6.00 Å². The standard InChI is InChI=1S/C12H24BO3/c1-8(2)14-7-11-10(15-9(3)4)6-12(13-5)16-11/h8-12H,6-7H2,1-5H3/t10?,11-,12-/m1/s1. The van der Waals surface area contributed by atoms with Crippen molar-refractivity contribution in [3.05, 3.63) is 0 Å². The highest BCUT2D eigenvalue weighted by Crippen LogP contribution is 2.24. The predicted molar refractivity (Wildman–Crippen MR) is 66.0 cm³/mol. The lowest BCUT2D eigenvalue weighted by Crippen LogP contribution is -2.32. The molecular weight excluding hydrogens is 203 g/mol. The Kier molecular flexibility index (Phi) is 5.80. The Balaban J connectivity index is 2.43. The van der Waals surface area contributed by atoms with Gasteiger partial charge in [0.15, 0.2) is 0 Å². The van der Waals surface area contributed by atoms with Crippen LogP contribution in [0.5, 0.6) is 0 Å². The summed E-state index contributed by atoms with van der Waals surface area (Å²) in [5.74, 6) is 0. The highest BCUT2D eigenvalue weighted by molar-refractivity contribution is 6.35. The molecule has 1 heterocycles. The monoisotopic (exact) mass is 227 g/mol. The van der Waals surface area contributed by atoms with Crippen molar-refractivity contribution in [3.8, 4) is 0 Å². The minimum atomic E-state index is 0.0750. The molecule has 0 aromatic carbocycles. The van der Waals surface area contributed by atoms with Crippen molar-refractivity contribution < 1.29 is 14.2 Å². The van der Waals surface area contributed by atoms with Gasteiger partial charge in [-0.05, 0) is 34.1 Å². The zero-order valence-electron chi connectivity index (χ0n) is 11.1. The fourth-order valence-corrected chi connectivity index (χ4v) is 1.89. The fourth-order valence-electron chi connectivity index (χ4n) is 1.89. The quantitative estimate of drug-likeness (QED) is 0.650. The summed E-state index contributed by atoms with van der Waals surface area (Å²) in [6.07, 6.45) is 1.67. The summed E-state index contributed by atoms with van der Waals surface area (Å²) < 4.78 is 17.3. The molecule has 1 radical (unpaired) electrons. The lowest BCUT2D eigenvalue weighted by Gasteiger charge is -2.22. The van der Waals surface area contributed by atoms with Crippen molar-refractivity contribution in [1.82, 2.24) is 0 Å². The van der Waals surface area contributed by atoms with Gasteiger partial charge in [0.1, 0.15) is 13.4 Å². The Morgan fingerprint density at radius 2 is 1.94 bits per heavy atom. The highest BCUT2D eigenvalue weighted by Gasteiger charge is 2.35. The third-order valence-corrected chi connectivity index (χ3v) is 2.64. The van der Waals surface area contributed by atoms with E-state index in [1.54, 1.807) is 0 Å². The van der Waals surface area contributed by atoms with E-state index in [4.69, 9.17) is 14.2 Å². The first-order valence-electron chi connectivity index (χ1n) is 6.25. The maximum Gasteiger partial charge on any atom is 0.146 e. The third-order valence-electron chi connectivity index (χ3n) is 2.64. The lowest BCUT2D eigenvalue weighted by molar-refractivity contribution is -0.0809. The maximum absolute atomic E-state index is 5.87. The van der Waals surface area contributed by atoms with Gasteiger partial charge in [0.05, 0.1) is 24.9 Å². The molecule has 0 spiro atoms. The zero-order chi connectivity index (χ0) is 12.1. The third kappa shape index (κ3) is 4.44. The predicted octanol–water partition coefficient (Wildman–Crippen LogP) is 2.07. The molecule has 4 heteroatoms. The molecule has 0 amide bonds. The van der Waals surface area contributed by atoms with Crippen LogP contribution in [0.2, 0.25) is 6.82 Å². The largest absolute Gasteiger partial charge is 0.379 e. The van der Waals surface area contributed by atoms with Gasteiger partial charge >= 0.3 is 0 Å². The molecule has 1 aliphatic rings. The number of rotatable bonds is 6. The van der Waals surface area contributed by atoms with E-state index in [1.807, 2.05) is 20.7 Å². The van der Waals surface area contributed by atoms with Crippen LogP contribution in [0.15, 0.2) is 0 Å². The van der Waals surface area contributed by atoms with Gasteiger partial charge in [-0.2, -0.15) is 0 Å². The number of hydrogen-bond donors (Lipinski definition) is 0. The normalized spacial score (nSPS) is 30.3. The summed E-state index contributed by atoms with van der Waals surface area (Å²) in [5.41, 5.74) is 0. The van der Waals surface area contributed by atoms with Crippen LogP contribution in [0.3, 0.4) is 0 Å². The molecule has 3 nitrogen and oxygen atoms in total. The Morgan fingerprint density at radius 3 is 2.44 bits per heavy atom. The van der Waals surface area contributed by atoms with Gasteiger partial charge in [-0.1, -0.05) is 6.82 Å². The van der Waals surface area contributed by atoms with Gasteiger partial charge in [-0.3, -0.25) is 0 Å². The van der Waals surface area contributed by atoms with Crippen molar-refractivity contribution in [1.29, 1.82) is 0 Å². The molecule has 1 fully saturated rings. The zero-order valence-corrected chi connectivity index (χ0v) is 11.1. The van der Waals surface area contributed by atoms with Crippen LogP contribution in [0, 0.1) is 0 Å². The van der Waals surface area contributed by atoms with Gasteiger partial charge in [-0.25, -0.2) is 0 Å². The summed E-state index contributed by atoms with van der Waals surface area (Å²) >= 11 is 0. The smallest absolute Gasteiger partial charge is 0.146 e. The van der Waals surface area contributed by atoms with E-state index in [2.05, 4.69) is 21.1 Å². The summed E-state index contributed by atoms with van der Waals surface area (Å²) in [4.78, 5) is 0. The van der Waals surface area contributed by atoms with E-state index < -0.39 is 0 Å². The van der Waals surface area contributed by atoms with Crippen LogP contribution in [-0.4, -0.2) is 44.3 Å². The van der Waals surface area contributed by atoms with Crippen LogP contribution in [0.25, 0.3) is 0 Å².